The van der Waals surface area contributed by atoms with Crippen LogP contribution in [0.4, 0.5) is 0 Å². The Kier molecular flexibility index (Phi) is 2.52. The first-order chi connectivity index (χ1) is 6.72. The van der Waals surface area contributed by atoms with Crippen LogP contribution in [0.25, 0.3) is 10.9 Å². The van der Waals surface area contributed by atoms with Gasteiger partial charge in [0.1, 0.15) is 0 Å². The number of pyridine rings is 1. The molecule has 2 N–H and O–H groups in total. The number of halogens is 1. The van der Waals surface area contributed by atoms with Crippen LogP contribution < -0.4 is 5.73 Å². The molecule has 0 bridgehead atoms. The van der Waals surface area contributed by atoms with E-state index < -0.39 is 0 Å². The van der Waals surface area contributed by atoms with Crippen molar-refractivity contribution in [2.24, 2.45) is 5.73 Å². The Morgan fingerprint density at radius 3 is 2.93 bits per heavy atom. The van der Waals surface area contributed by atoms with E-state index in [2.05, 4.69) is 33.9 Å². The van der Waals surface area contributed by atoms with Gasteiger partial charge in [-0.1, -0.05) is 22.0 Å². The van der Waals surface area contributed by atoms with E-state index in [1.807, 2.05) is 18.3 Å². The number of fused-ring (bicyclic) bond motifs is 1. The largest absolute Gasteiger partial charge is 0.326 e. The Hall–Kier alpha value is -0.930. The minimum Gasteiger partial charge on any atom is -0.326 e. The van der Waals surface area contributed by atoms with Crippen molar-refractivity contribution in [1.82, 2.24) is 4.98 Å². The van der Waals surface area contributed by atoms with E-state index in [1.54, 1.807) is 0 Å². The molecule has 2 rings (SSSR count). The molecule has 0 radical (unpaired) electrons. The zero-order chi connectivity index (χ0) is 10.1. The summed E-state index contributed by atoms with van der Waals surface area (Å²) >= 11 is 3.43. The van der Waals surface area contributed by atoms with Crippen LogP contribution in [0.2, 0.25) is 0 Å². The molecule has 72 valence electrons. The van der Waals surface area contributed by atoms with Gasteiger partial charge in [0.15, 0.2) is 0 Å². The lowest BCUT2D eigenvalue weighted by molar-refractivity contribution is 1.04. The molecule has 2 aromatic rings. The monoisotopic (exact) mass is 250 g/mol. The molecular weight excluding hydrogens is 240 g/mol. The van der Waals surface area contributed by atoms with E-state index in [9.17, 15) is 0 Å². The molecule has 0 aliphatic rings. The lowest BCUT2D eigenvalue weighted by Gasteiger charge is -2.06. The highest BCUT2D eigenvalue weighted by Crippen LogP contribution is 2.22. The quantitative estimate of drug-likeness (QED) is 0.846. The van der Waals surface area contributed by atoms with Crippen molar-refractivity contribution in [3.05, 3.63) is 40.0 Å². The van der Waals surface area contributed by atoms with Crippen LogP contribution in [0.5, 0.6) is 0 Å². The summed E-state index contributed by atoms with van der Waals surface area (Å²) in [6.45, 7) is 2.63. The molecule has 0 saturated heterocycles. The zero-order valence-electron chi connectivity index (χ0n) is 7.92. The number of hydrogen-bond donors (Lipinski definition) is 1. The Morgan fingerprint density at radius 1 is 1.43 bits per heavy atom. The molecule has 0 amide bonds. The van der Waals surface area contributed by atoms with Crippen molar-refractivity contribution in [2.75, 3.05) is 0 Å². The summed E-state index contributed by atoms with van der Waals surface area (Å²) in [6, 6.07) is 6.11. The minimum absolute atomic E-state index is 0.546. The summed E-state index contributed by atoms with van der Waals surface area (Å²) < 4.78 is 1.05. The maximum Gasteiger partial charge on any atom is 0.0716 e. The van der Waals surface area contributed by atoms with Crippen LogP contribution >= 0.6 is 15.9 Å². The minimum atomic E-state index is 0.546. The predicted octanol–water partition coefficient (Wildman–Crippen LogP) is 2.76. The van der Waals surface area contributed by atoms with Crippen molar-refractivity contribution in [2.45, 2.75) is 13.5 Å². The van der Waals surface area contributed by atoms with Gasteiger partial charge in [0.05, 0.1) is 5.52 Å². The Balaban J connectivity index is 2.77. The molecule has 1 aromatic heterocycles. The van der Waals surface area contributed by atoms with Crippen LogP contribution in [0.3, 0.4) is 0 Å². The number of nitrogens with zero attached hydrogens (tertiary/aromatic N) is 1. The van der Waals surface area contributed by atoms with Crippen molar-refractivity contribution in [3.63, 3.8) is 0 Å². The molecule has 2 nitrogen and oxygen atoms in total. The third-order valence-corrected chi connectivity index (χ3v) is 2.92. The maximum atomic E-state index is 5.62. The number of nitrogens with two attached hydrogens (primary N) is 1. The molecule has 0 saturated carbocycles. The Labute approximate surface area is 91.3 Å². The van der Waals surface area contributed by atoms with Crippen LogP contribution in [0.1, 0.15) is 11.1 Å². The number of hydrogen-bond acceptors (Lipinski definition) is 2. The zero-order valence-corrected chi connectivity index (χ0v) is 9.51. The third kappa shape index (κ3) is 1.53. The third-order valence-electron chi connectivity index (χ3n) is 2.42. The second kappa shape index (κ2) is 3.67. The van der Waals surface area contributed by atoms with E-state index in [-0.39, 0.29) is 0 Å². The molecule has 1 aromatic carbocycles. The van der Waals surface area contributed by atoms with E-state index in [0.717, 1.165) is 15.6 Å². The van der Waals surface area contributed by atoms with Gasteiger partial charge in [0, 0.05) is 22.6 Å². The summed E-state index contributed by atoms with van der Waals surface area (Å²) in [5.41, 5.74) is 8.97. The molecule has 0 fully saturated rings. The van der Waals surface area contributed by atoms with Gasteiger partial charge in [-0.3, -0.25) is 4.98 Å². The van der Waals surface area contributed by atoms with Gasteiger partial charge in [0.2, 0.25) is 0 Å². The topological polar surface area (TPSA) is 38.9 Å². The van der Waals surface area contributed by atoms with Crippen LogP contribution in [0, 0.1) is 6.92 Å². The van der Waals surface area contributed by atoms with Crippen LogP contribution in [-0.2, 0) is 6.54 Å². The average molecular weight is 251 g/mol. The fraction of sp³-hybridized carbons (Fsp3) is 0.182. The number of benzene rings is 1. The Morgan fingerprint density at radius 2 is 2.21 bits per heavy atom. The van der Waals surface area contributed by atoms with Gasteiger partial charge < -0.3 is 5.73 Å². The smallest absolute Gasteiger partial charge is 0.0716 e. The predicted molar refractivity (Wildman–Crippen MR) is 62.1 cm³/mol. The first-order valence-corrected chi connectivity index (χ1v) is 5.25. The fourth-order valence-electron chi connectivity index (χ4n) is 1.55. The lowest BCUT2D eigenvalue weighted by Crippen LogP contribution is -2.00. The number of aromatic nitrogens is 1. The molecule has 0 aliphatic carbocycles. The van der Waals surface area contributed by atoms with E-state index >= 15 is 0 Å². The summed E-state index contributed by atoms with van der Waals surface area (Å²) in [4.78, 5) is 4.36. The second-order valence-corrected chi connectivity index (χ2v) is 4.19. The first-order valence-electron chi connectivity index (χ1n) is 4.46. The standard InChI is InChI=1S/C11H11BrN2/c1-7-8(5-13)6-14-11-4-9(12)2-3-10(7)11/h2-4,6H,5,13H2,1H3. The van der Waals surface area contributed by atoms with Gasteiger partial charge in [-0.15, -0.1) is 0 Å². The fourth-order valence-corrected chi connectivity index (χ4v) is 1.90. The van der Waals surface area contributed by atoms with Crippen molar-refractivity contribution in [1.29, 1.82) is 0 Å². The summed E-state index contributed by atoms with van der Waals surface area (Å²) in [7, 11) is 0. The molecule has 0 atom stereocenters. The highest BCUT2D eigenvalue weighted by molar-refractivity contribution is 9.10. The van der Waals surface area contributed by atoms with Crippen molar-refractivity contribution in [3.8, 4) is 0 Å². The molecule has 0 spiro atoms. The molecular formula is C11H11BrN2. The van der Waals surface area contributed by atoms with E-state index in [1.165, 1.54) is 10.9 Å². The summed E-state index contributed by atoms with van der Waals surface area (Å²) in [5.74, 6) is 0. The first kappa shape index (κ1) is 9.62. The molecule has 0 unspecified atom stereocenters. The highest BCUT2D eigenvalue weighted by atomic mass is 79.9. The van der Waals surface area contributed by atoms with Gasteiger partial charge in [-0.2, -0.15) is 0 Å². The molecule has 1 heterocycles. The molecule has 3 heteroatoms. The lowest BCUT2D eigenvalue weighted by atomic mass is 10.1. The van der Waals surface area contributed by atoms with Crippen LogP contribution in [0.15, 0.2) is 28.9 Å². The second-order valence-electron chi connectivity index (χ2n) is 3.27. The summed E-state index contributed by atoms with van der Waals surface area (Å²) in [6.07, 6.45) is 1.85. The average Bonchev–Trinajstić information content (AvgIpc) is 2.18. The number of aryl methyl sites for hydroxylation is 1. The van der Waals surface area contributed by atoms with Crippen LogP contribution in [-0.4, -0.2) is 4.98 Å². The molecule has 0 aliphatic heterocycles. The maximum absolute atomic E-state index is 5.62. The normalized spacial score (nSPS) is 10.8. The van der Waals surface area contributed by atoms with Gasteiger partial charge >= 0.3 is 0 Å². The van der Waals surface area contributed by atoms with E-state index in [0.29, 0.717) is 6.54 Å². The van der Waals surface area contributed by atoms with Gasteiger partial charge in [-0.25, -0.2) is 0 Å². The Bertz CT molecular complexity index is 480. The summed E-state index contributed by atoms with van der Waals surface area (Å²) in [5, 5.41) is 1.18. The number of rotatable bonds is 1. The van der Waals surface area contributed by atoms with Crippen molar-refractivity contribution >= 4 is 26.8 Å². The van der Waals surface area contributed by atoms with Gasteiger partial charge in [-0.05, 0) is 30.2 Å². The van der Waals surface area contributed by atoms with E-state index in [4.69, 9.17) is 5.73 Å². The molecule has 14 heavy (non-hydrogen) atoms. The highest BCUT2D eigenvalue weighted by Gasteiger charge is 2.03. The van der Waals surface area contributed by atoms with Crippen molar-refractivity contribution < 1.29 is 0 Å². The van der Waals surface area contributed by atoms with Gasteiger partial charge in [0.25, 0.3) is 0 Å². The SMILES string of the molecule is Cc1c(CN)cnc2cc(Br)ccc12.